The average molecular weight is 338 g/mol. The molecule has 1 fully saturated rings. The lowest BCUT2D eigenvalue weighted by molar-refractivity contribution is 0.191. The highest BCUT2D eigenvalue weighted by Gasteiger charge is 2.27. The summed E-state index contributed by atoms with van der Waals surface area (Å²) in [6.45, 7) is 6.78. The van der Waals surface area contributed by atoms with E-state index in [1.165, 1.54) is 18.5 Å². The minimum atomic E-state index is 0.451. The molecule has 0 bridgehead atoms. The molecule has 3 aromatic heterocycles. The summed E-state index contributed by atoms with van der Waals surface area (Å²) in [5.74, 6) is 1.25. The second-order valence-corrected chi connectivity index (χ2v) is 6.63. The summed E-state index contributed by atoms with van der Waals surface area (Å²) in [7, 11) is 0. The van der Waals surface area contributed by atoms with Crippen LogP contribution in [0.5, 0.6) is 0 Å². The molecule has 1 saturated heterocycles. The van der Waals surface area contributed by atoms with E-state index in [4.69, 9.17) is 4.52 Å². The molecule has 25 heavy (non-hydrogen) atoms. The van der Waals surface area contributed by atoms with Gasteiger partial charge in [-0.05, 0) is 51.4 Å². The molecule has 7 nitrogen and oxygen atoms in total. The van der Waals surface area contributed by atoms with Crippen molar-refractivity contribution in [2.24, 2.45) is 0 Å². The lowest BCUT2D eigenvalue weighted by Crippen LogP contribution is -2.33. The molecule has 1 aliphatic rings. The molecule has 0 aromatic carbocycles. The summed E-state index contributed by atoms with van der Waals surface area (Å²) in [6, 6.07) is 6.38. The zero-order valence-electron chi connectivity index (χ0n) is 14.6. The smallest absolute Gasteiger partial charge is 0.241 e. The number of rotatable bonds is 5. The van der Waals surface area contributed by atoms with Gasteiger partial charge >= 0.3 is 0 Å². The predicted molar refractivity (Wildman–Crippen MR) is 92.7 cm³/mol. The van der Waals surface area contributed by atoms with E-state index in [-0.39, 0.29) is 0 Å². The topological polar surface area (TPSA) is 72.9 Å². The Kier molecular flexibility index (Phi) is 4.31. The van der Waals surface area contributed by atoms with E-state index in [9.17, 15) is 0 Å². The fourth-order valence-electron chi connectivity index (χ4n) is 3.47. The molecule has 1 atom stereocenters. The second kappa shape index (κ2) is 6.76. The number of hydrogen-bond donors (Lipinski definition) is 0. The molecule has 0 radical (unpaired) electrons. The Hall–Kier alpha value is -2.54. The van der Waals surface area contributed by atoms with Crippen molar-refractivity contribution in [1.82, 2.24) is 29.8 Å². The molecule has 3 aromatic rings. The molecular formula is C18H22N6O. The minimum absolute atomic E-state index is 0.451. The van der Waals surface area contributed by atoms with Gasteiger partial charge < -0.3 is 4.52 Å². The van der Waals surface area contributed by atoms with Gasteiger partial charge in [0.05, 0.1) is 18.8 Å². The summed E-state index contributed by atoms with van der Waals surface area (Å²) >= 11 is 0. The zero-order chi connectivity index (χ0) is 17.2. The normalized spacial score (nSPS) is 18.1. The SMILES string of the molecule is Cc1cc(C)n(C[C@@H]2CCCN2Cc2nc(-c3cccnc3)no2)n1. The van der Waals surface area contributed by atoms with E-state index in [0.717, 1.165) is 24.3 Å². The summed E-state index contributed by atoms with van der Waals surface area (Å²) < 4.78 is 7.56. The van der Waals surface area contributed by atoms with Crippen LogP contribution in [0.2, 0.25) is 0 Å². The predicted octanol–water partition coefficient (Wildman–Crippen LogP) is 2.61. The molecule has 0 unspecified atom stereocenters. The van der Waals surface area contributed by atoms with Crippen LogP contribution in [-0.2, 0) is 13.1 Å². The third-order valence-electron chi connectivity index (χ3n) is 4.71. The van der Waals surface area contributed by atoms with Gasteiger partial charge in [0.2, 0.25) is 11.7 Å². The molecule has 0 spiro atoms. The first kappa shape index (κ1) is 16.0. The van der Waals surface area contributed by atoms with Crippen LogP contribution in [0.4, 0.5) is 0 Å². The molecule has 0 saturated carbocycles. The van der Waals surface area contributed by atoms with Crippen LogP contribution in [0.25, 0.3) is 11.4 Å². The maximum absolute atomic E-state index is 5.45. The number of pyridine rings is 1. The van der Waals surface area contributed by atoms with Crippen LogP contribution in [0.3, 0.4) is 0 Å². The quantitative estimate of drug-likeness (QED) is 0.712. The van der Waals surface area contributed by atoms with E-state index in [2.05, 4.69) is 42.8 Å². The second-order valence-electron chi connectivity index (χ2n) is 6.63. The molecule has 0 aliphatic carbocycles. The Morgan fingerprint density at radius 3 is 3.00 bits per heavy atom. The molecule has 130 valence electrons. The van der Waals surface area contributed by atoms with E-state index in [1.807, 2.05) is 19.1 Å². The first-order chi connectivity index (χ1) is 12.2. The van der Waals surface area contributed by atoms with Gasteiger partial charge in [0.1, 0.15) is 0 Å². The fraction of sp³-hybridized carbons (Fsp3) is 0.444. The van der Waals surface area contributed by atoms with Crippen molar-refractivity contribution in [3.05, 3.63) is 47.9 Å². The van der Waals surface area contributed by atoms with Crippen LogP contribution >= 0.6 is 0 Å². The van der Waals surface area contributed by atoms with Gasteiger partial charge in [0.15, 0.2) is 0 Å². The number of hydrogen-bond acceptors (Lipinski definition) is 6. The van der Waals surface area contributed by atoms with Crippen LogP contribution in [0.15, 0.2) is 35.1 Å². The van der Waals surface area contributed by atoms with Crippen LogP contribution in [0, 0.1) is 13.8 Å². The average Bonchev–Trinajstić information content (AvgIpc) is 3.32. The third kappa shape index (κ3) is 3.46. The Bertz CT molecular complexity index is 840. The number of likely N-dealkylation sites (tertiary alicyclic amines) is 1. The van der Waals surface area contributed by atoms with Crippen molar-refractivity contribution in [1.29, 1.82) is 0 Å². The van der Waals surface area contributed by atoms with E-state index in [0.29, 0.717) is 24.3 Å². The van der Waals surface area contributed by atoms with Crippen molar-refractivity contribution >= 4 is 0 Å². The summed E-state index contributed by atoms with van der Waals surface area (Å²) in [5.41, 5.74) is 3.15. The summed E-state index contributed by atoms with van der Waals surface area (Å²) in [5, 5.41) is 8.68. The van der Waals surface area contributed by atoms with Gasteiger partial charge in [-0.15, -0.1) is 0 Å². The first-order valence-corrected chi connectivity index (χ1v) is 8.67. The summed E-state index contributed by atoms with van der Waals surface area (Å²) in [6.07, 6.45) is 5.84. The molecule has 4 heterocycles. The third-order valence-corrected chi connectivity index (χ3v) is 4.71. The van der Waals surface area contributed by atoms with Crippen LogP contribution in [0.1, 0.15) is 30.1 Å². The first-order valence-electron chi connectivity index (χ1n) is 8.67. The Labute approximate surface area is 146 Å². The van der Waals surface area contributed by atoms with Crippen LogP contribution < -0.4 is 0 Å². The minimum Gasteiger partial charge on any atom is -0.338 e. The van der Waals surface area contributed by atoms with Crippen molar-refractivity contribution in [2.45, 2.75) is 45.8 Å². The Morgan fingerprint density at radius 1 is 1.32 bits per heavy atom. The van der Waals surface area contributed by atoms with E-state index in [1.54, 1.807) is 12.4 Å². The monoisotopic (exact) mass is 338 g/mol. The van der Waals surface area contributed by atoms with Crippen molar-refractivity contribution in [3.63, 3.8) is 0 Å². The van der Waals surface area contributed by atoms with Gasteiger partial charge in [-0.1, -0.05) is 5.16 Å². The Balaban J connectivity index is 1.45. The molecule has 1 aliphatic heterocycles. The van der Waals surface area contributed by atoms with Crippen molar-refractivity contribution in [2.75, 3.05) is 6.54 Å². The van der Waals surface area contributed by atoms with Gasteiger partial charge in [-0.2, -0.15) is 10.1 Å². The van der Waals surface area contributed by atoms with Crippen molar-refractivity contribution in [3.8, 4) is 11.4 Å². The van der Waals surface area contributed by atoms with E-state index >= 15 is 0 Å². The van der Waals surface area contributed by atoms with Crippen molar-refractivity contribution < 1.29 is 4.52 Å². The lowest BCUT2D eigenvalue weighted by atomic mass is 10.2. The molecular weight excluding hydrogens is 316 g/mol. The molecule has 7 heteroatoms. The summed E-state index contributed by atoms with van der Waals surface area (Å²) in [4.78, 5) is 11.0. The standard InChI is InChI=1S/C18H22N6O/c1-13-9-14(2)24(21-13)11-16-6-4-8-23(16)12-17-20-18(22-25-17)15-5-3-7-19-10-15/h3,5,7,9-10,16H,4,6,8,11-12H2,1-2H3/t16-/m0/s1. The van der Waals surface area contributed by atoms with Crippen LogP contribution in [-0.4, -0.2) is 42.4 Å². The molecule has 0 N–H and O–H groups in total. The van der Waals surface area contributed by atoms with E-state index < -0.39 is 0 Å². The number of aryl methyl sites for hydroxylation is 2. The maximum atomic E-state index is 5.45. The lowest BCUT2D eigenvalue weighted by Gasteiger charge is -2.23. The van der Waals surface area contributed by atoms with Gasteiger partial charge in [-0.25, -0.2) is 0 Å². The Morgan fingerprint density at radius 2 is 2.24 bits per heavy atom. The number of nitrogens with zero attached hydrogens (tertiary/aromatic N) is 6. The van der Waals surface area contributed by atoms with Gasteiger partial charge in [0, 0.05) is 29.7 Å². The van der Waals surface area contributed by atoms with Gasteiger partial charge in [0.25, 0.3) is 0 Å². The zero-order valence-corrected chi connectivity index (χ0v) is 14.6. The maximum Gasteiger partial charge on any atom is 0.241 e. The highest BCUT2D eigenvalue weighted by atomic mass is 16.5. The van der Waals surface area contributed by atoms with Gasteiger partial charge in [-0.3, -0.25) is 14.6 Å². The number of aromatic nitrogens is 5. The fourth-order valence-corrected chi connectivity index (χ4v) is 3.47. The molecule has 0 amide bonds. The largest absolute Gasteiger partial charge is 0.338 e. The highest BCUT2D eigenvalue weighted by molar-refractivity contribution is 5.51. The highest BCUT2D eigenvalue weighted by Crippen LogP contribution is 2.22. The molecule has 4 rings (SSSR count).